The van der Waals surface area contributed by atoms with E-state index in [0.717, 1.165) is 50.7 Å². The SMILES string of the molecule is Cc1nn(CCO)c(C)c1CN1CCC(OCC2CCCC2)CC1. The summed E-state index contributed by atoms with van der Waals surface area (Å²) in [4.78, 5) is 2.52. The molecule has 1 aliphatic carbocycles. The Balaban J connectivity index is 1.45. The third kappa shape index (κ3) is 4.38. The number of rotatable bonds is 7. The van der Waals surface area contributed by atoms with Crippen LogP contribution < -0.4 is 0 Å². The summed E-state index contributed by atoms with van der Waals surface area (Å²) in [5.74, 6) is 0.825. The van der Waals surface area contributed by atoms with Gasteiger partial charge in [0.2, 0.25) is 0 Å². The summed E-state index contributed by atoms with van der Waals surface area (Å²) in [6.07, 6.45) is 8.29. The van der Waals surface area contributed by atoms with Crippen molar-refractivity contribution in [1.82, 2.24) is 14.7 Å². The second-order valence-electron chi connectivity index (χ2n) is 7.56. The Morgan fingerprint density at radius 3 is 2.50 bits per heavy atom. The van der Waals surface area contributed by atoms with E-state index in [4.69, 9.17) is 9.84 Å². The Hall–Kier alpha value is -0.910. The van der Waals surface area contributed by atoms with E-state index in [0.29, 0.717) is 12.6 Å². The quantitative estimate of drug-likeness (QED) is 0.832. The van der Waals surface area contributed by atoms with E-state index in [-0.39, 0.29) is 6.61 Å². The molecular formula is C19H33N3O2. The molecule has 0 atom stereocenters. The lowest BCUT2D eigenvalue weighted by molar-refractivity contribution is -0.00967. The van der Waals surface area contributed by atoms with Crippen LogP contribution in [0.25, 0.3) is 0 Å². The lowest BCUT2D eigenvalue weighted by Crippen LogP contribution is -2.37. The Morgan fingerprint density at radius 1 is 1.12 bits per heavy atom. The highest BCUT2D eigenvalue weighted by molar-refractivity contribution is 5.24. The molecule has 24 heavy (non-hydrogen) atoms. The first-order valence-electron chi connectivity index (χ1n) is 9.65. The van der Waals surface area contributed by atoms with E-state index in [1.165, 1.54) is 36.9 Å². The van der Waals surface area contributed by atoms with E-state index in [1.807, 2.05) is 4.68 Å². The van der Waals surface area contributed by atoms with E-state index in [9.17, 15) is 0 Å². The summed E-state index contributed by atoms with van der Waals surface area (Å²) in [7, 11) is 0. The molecule has 0 unspecified atom stereocenters. The van der Waals surface area contributed by atoms with Crippen LogP contribution in [0.3, 0.4) is 0 Å². The highest BCUT2D eigenvalue weighted by Gasteiger charge is 2.23. The van der Waals surface area contributed by atoms with Gasteiger partial charge >= 0.3 is 0 Å². The van der Waals surface area contributed by atoms with Gasteiger partial charge in [0, 0.05) is 37.5 Å². The van der Waals surface area contributed by atoms with E-state index < -0.39 is 0 Å². The lowest BCUT2D eigenvalue weighted by atomic mass is 10.1. The minimum Gasteiger partial charge on any atom is -0.394 e. The number of likely N-dealkylation sites (tertiary alicyclic amines) is 1. The zero-order valence-corrected chi connectivity index (χ0v) is 15.3. The van der Waals surface area contributed by atoms with Crippen LogP contribution in [-0.4, -0.2) is 52.2 Å². The maximum Gasteiger partial charge on any atom is 0.0644 e. The van der Waals surface area contributed by atoms with Crippen LogP contribution in [0.4, 0.5) is 0 Å². The summed E-state index contributed by atoms with van der Waals surface area (Å²) < 4.78 is 8.11. The molecule has 5 heteroatoms. The van der Waals surface area contributed by atoms with Crippen molar-refractivity contribution >= 4 is 0 Å². The molecule has 1 aromatic heterocycles. The highest BCUT2D eigenvalue weighted by Crippen LogP contribution is 2.26. The van der Waals surface area contributed by atoms with Gasteiger partial charge in [-0.15, -0.1) is 0 Å². The summed E-state index contributed by atoms with van der Waals surface area (Å²) in [6.45, 7) is 9.10. The van der Waals surface area contributed by atoms with Gasteiger partial charge in [-0.25, -0.2) is 0 Å². The van der Waals surface area contributed by atoms with Crippen LogP contribution in [-0.2, 0) is 17.8 Å². The average molecular weight is 335 g/mol. The number of aryl methyl sites for hydroxylation is 1. The van der Waals surface area contributed by atoms with Gasteiger partial charge in [-0.05, 0) is 45.4 Å². The van der Waals surface area contributed by atoms with Crippen LogP contribution in [0.15, 0.2) is 0 Å². The molecule has 1 saturated heterocycles. The fraction of sp³-hybridized carbons (Fsp3) is 0.842. The number of aliphatic hydroxyl groups excluding tert-OH is 1. The molecule has 0 amide bonds. The second kappa shape index (κ2) is 8.45. The van der Waals surface area contributed by atoms with E-state index in [1.54, 1.807) is 0 Å². The minimum atomic E-state index is 0.144. The highest BCUT2D eigenvalue weighted by atomic mass is 16.5. The van der Waals surface area contributed by atoms with Crippen molar-refractivity contribution in [2.45, 2.75) is 71.6 Å². The number of ether oxygens (including phenoxy) is 1. The van der Waals surface area contributed by atoms with Crippen molar-refractivity contribution in [3.05, 3.63) is 17.0 Å². The molecular weight excluding hydrogens is 302 g/mol. The Kier molecular flexibility index (Phi) is 6.31. The van der Waals surface area contributed by atoms with Gasteiger partial charge < -0.3 is 9.84 Å². The normalized spacial score (nSPS) is 21.0. The number of piperidine rings is 1. The molecule has 0 radical (unpaired) electrons. The fourth-order valence-corrected chi connectivity index (χ4v) is 4.18. The third-order valence-electron chi connectivity index (χ3n) is 5.80. The predicted molar refractivity (Wildman–Crippen MR) is 95.0 cm³/mol. The van der Waals surface area contributed by atoms with Crippen LogP contribution in [0, 0.1) is 19.8 Å². The Morgan fingerprint density at radius 2 is 1.83 bits per heavy atom. The van der Waals surface area contributed by atoms with E-state index in [2.05, 4.69) is 23.8 Å². The maximum atomic E-state index is 9.14. The van der Waals surface area contributed by atoms with Gasteiger partial charge in [0.25, 0.3) is 0 Å². The van der Waals surface area contributed by atoms with Crippen LogP contribution in [0.2, 0.25) is 0 Å². The first kappa shape index (κ1) is 17.9. The molecule has 0 aromatic carbocycles. The van der Waals surface area contributed by atoms with Crippen molar-refractivity contribution in [3.8, 4) is 0 Å². The van der Waals surface area contributed by atoms with Crippen LogP contribution >= 0.6 is 0 Å². The standard InChI is InChI=1S/C19H33N3O2/c1-15-19(16(2)22(20-15)11-12-23)13-21-9-7-18(8-10-21)24-14-17-5-3-4-6-17/h17-18,23H,3-14H2,1-2H3. The molecule has 136 valence electrons. The van der Waals surface area contributed by atoms with Crippen LogP contribution in [0.1, 0.15) is 55.5 Å². The molecule has 1 aromatic rings. The molecule has 1 N–H and O–H groups in total. The third-order valence-corrected chi connectivity index (χ3v) is 5.80. The molecule has 0 bridgehead atoms. The minimum absolute atomic E-state index is 0.144. The van der Waals surface area contributed by atoms with Crippen molar-refractivity contribution < 1.29 is 9.84 Å². The predicted octanol–water partition coefficient (Wildman–Crippen LogP) is 2.66. The van der Waals surface area contributed by atoms with Crippen molar-refractivity contribution in [2.75, 3.05) is 26.3 Å². The molecule has 2 aliphatic rings. The molecule has 5 nitrogen and oxygen atoms in total. The van der Waals surface area contributed by atoms with E-state index >= 15 is 0 Å². The fourth-order valence-electron chi connectivity index (χ4n) is 4.18. The number of hydrogen-bond donors (Lipinski definition) is 1. The molecule has 2 heterocycles. The van der Waals surface area contributed by atoms with Crippen molar-refractivity contribution in [2.24, 2.45) is 5.92 Å². The summed E-state index contributed by atoms with van der Waals surface area (Å²) in [6, 6.07) is 0. The number of aromatic nitrogens is 2. The zero-order chi connectivity index (χ0) is 16.9. The van der Waals surface area contributed by atoms with Crippen LogP contribution in [0.5, 0.6) is 0 Å². The Bertz CT molecular complexity index is 515. The maximum absolute atomic E-state index is 9.14. The second-order valence-corrected chi connectivity index (χ2v) is 7.56. The van der Waals surface area contributed by atoms with Gasteiger partial charge in [-0.3, -0.25) is 9.58 Å². The topological polar surface area (TPSA) is 50.5 Å². The molecule has 0 spiro atoms. The monoisotopic (exact) mass is 335 g/mol. The smallest absolute Gasteiger partial charge is 0.0644 e. The van der Waals surface area contributed by atoms with Gasteiger partial charge in [-0.1, -0.05) is 12.8 Å². The van der Waals surface area contributed by atoms with Crippen molar-refractivity contribution in [3.63, 3.8) is 0 Å². The summed E-state index contributed by atoms with van der Waals surface area (Å²) in [5, 5.41) is 13.7. The molecule has 3 rings (SSSR count). The van der Waals surface area contributed by atoms with Crippen molar-refractivity contribution in [1.29, 1.82) is 0 Å². The molecule has 1 aliphatic heterocycles. The number of nitrogens with zero attached hydrogens (tertiary/aromatic N) is 3. The summed E-state index contributed by atoms with van der Waals surface area (Å²) >= 11 is 0. The summed E-state index contributed by atoms with van der Waals surface area (Å²) in [5.41, 5.74) is 3.62. The van der Waals surface area contributed by atoms with Gasteiger partial charge in [0.05, 0.1) is 24.9 Å². The van der Waals surface area contributed by atoms with Gasteiger partial charge in [0.1, 0.15) is 0 Å². The number of aliphatic hydroxyl groups is 1. The largest absolute Gasteiger partial charge is 0.394 e. The Labute approximate surface area is 146 Å². The number of hydrogen-bond acceptors (Lipinski definition) is 4. The average Bonchev–Trinajstić information content (AvgIpc) is 3.19. The zero-order valence-electron chi connectivity index (χ0n) is 15.3. The van der Waals surface area contributed by atoms with Gasteiger partial charge in [0.15, 0.2) is 0 Å². The first-order valence-corrected chi connectivity index (χ1v) is 9.65. The van der Waals surface area contributed by atoms with Gasteiger partial charge in [-0.2, -0.15) is 5.10 Å². The molecule has 2 fully saturated rings. The molecule has 1 saturated carbocycles. The lowest BCUT2D eigenvalue weighted by Gasteiger charge is -2.32. The first-order chi connectivity index (χ1) is 11.7.